The van der Waals surface area contributed by atoms with E-state index in [1.807, 2.05) is 17.9 Å². The van der Waals surface area contributed by atoms with Crippen LogP contribution < -0.4 is 19.1 Å². The van der Waals surface area contributed by atoms with Gasteiger partial charge in [-0.25, -0.2) is 15.0 Å². The maximum Gasteiger partial charge on any atom is 0.256 e. The number of amides is 1. The van der Waals surface area contributed by atoms with Gasteiger partial charge in [0.15, 0.2) is 5.75 Å². The van der Waals surface area contributed by atoms with E-state index in [2.05, 4.69) is 19.9 Å². The summed E-state index contributed by atoms with van der Waals surface area (Å²) in [6.45, 7) is 4.65. The van der Waals surface area contributed by atoms with Crippen molar-refractivity contribution in [3.05, 3.63) is 29.8 Å². The van der Waals surface area contributed by atoms with Gasteiger partial charge in [0.1, 0.15) is 12.4 Å². The van der Waals surface area contributed by atoms with E-state index in [-0.39, 0.29) is 12.0 Å². The Kier molecular flexibility index (Phi) is 5.87. The minimum absolute atomic E-state index is 0.0439. The van der Waals surface area contributed by atoms with Gasteiger partial charge in [0.05, 0.1) is 50.5 Å². The number of carbonyl (C=O) groups excluding carboxylic acids is 1. The molecule has 2 aromatic rings. The van der Waals surface area contributed by atoms with Gasteiger partial charge in [0.2, 0.25) is 11.8 Å². The number of likely N-dealkylation sites (tertiary alicyclic amines) is 1. The van der Waals surface area contributed by atoms with E-state index in [0.29, 0.717) is 37.0 Å². The normalized spacial score (nSPS) is 18.2. The van der Waals surface area contributed by atoms with Crippen LogP contribution in [0.3, 0.4) is 0 Å². The van der Waals surface area contributed by atoms with Crippen molar-refractivity contribution in [1.82, 2.24) is 19.9 Å². The predicted molar refractivity (Wildman–Crippen MR) is 110 cm³/mol. The number of hydrogen-bond acceptors (Lipinski definition) is 8. The quantitative estimate of drug-likeness (QED) is 0.709. The number of nitrogens with zero attached hydrogens (tertiary/aromatic N) is 5. The molecule has 4 rings (SSSR count). The van der Waals surface area contributed by atoms with Crippen molar-refractivity contribution in [2.75, 3.05) is 38.8 Å². The Labute approximate surface area is 176 Å². The average Bonchev–Trinajstić information content (AvgIpc) is 3.26. The second-order valence-corrected chi connectivity index (χ2v) is 7.40. The number of methoxy groups -OCH3 is 2. The first kappa shape index (κ1) is 20.2. The summed E-state index contributed by atoms with van der Waals surface area (Å²) in [6.07, 6.45) is 5.41. The molecule has 1 saturated heterocycles. The third-order valence-corrected chi connectivity index (χ3v) is 5.62. The largest absolute Gasteiger partial charge is 0.491 e. The predicted octanol–water partition coefficient (Wildman–Crippen LogP) is 1.84. The highest BCUT2D eigenvalue weighted by molar-refractivity contribution is 5.76. The standard InChI is InChI=1S/C21H27N5O4/c1-4-19(27)26-7-5-15(11-26)30-20-16-12-25(8-6-17(16)23-13-24-20)14-9-18(28-2)21(29-3)22-10-14/h9-10,13,15H,4-8,11-12H2,1-3H3. The van der Waals surface area contributed by atoms with Crippen molar-refractivity contribution >= 4 is 11.6 Å². The molecule has 0 saturated carbocycles. The Morgan fingerprint density at radius 1 is 1.17 bits per heavy atom. The lowest BCUT2D eigenvalue weighted by Gasteiger charge is -2.31. The first-order chi connectivity index (χ1) is 14.6. The second-order valence-electron chi connectivity index (χ2n) is 7.40. The molecule has 2 aliphatic rings. The average molecular weight is 413 g/mol. The van der Waals surface area contributed by atoms with E-state index in [9.17, 15) is 4.79 Å². The van der Waals surface area contributed by atoms with Crippen molar-refractivity contribution < 1.29 is 19.0 Å². The van der Waals surface area contributed by atoms with Crippen LogP contribution in [0.5, 0.6) is 17.5 Å². The van der Waals surface area contributed by atoms with Gasteiger partial charge in [-0.1, -0.05) is 6.92 Å². The van der Waals surface area contributed by atoms with Gasteiger partial charge < -0.3 is 24.0 Å². The molecule has 0 bridgehead atoms. The fourth-order valence-electron chi connectivity index (χ4n) is 3.96. The molecule has 2 aliphatic heterocycles. The molecule has 9 heteroatoms. The molecule has 2 aromatic heterocycles. The number of anilines is 1. The van der Waals surface area contributed by atoms with Crippen LogP contribution >= 0.6 is 0 Å². The van der Waals surface area contributed by atoms with Crippen LogP contribution in [0.25, 0.3) is 0 Å². The Bertz CT molecular complexity index is 922. The molecule has 0 aromatic carbocycles. The lowest BCUT2D eigenvalue weighted by molar-refractivity contribution is -0.130. The second kappa shape index (κ2) is 8.73. The van der Waals surface area contributed by atoms with Crippen LogP contribution in [-0.2, 0) is 17.8 Å². The molecule has 0 radical (unpaired) electrons. The zero-order valence-corrected chi connectivity index (χ0v) is 17.6. The summed E-state index contributed by atoms with van der Waals surface area (Å²) < 4.78 is 16.9. The molecule has 0 aliphatic carbocycles. The number of pyridine rings is 1. The maximum absolute atomic E-state index is 12.0. The minimum Gasteiger partial charge on any atom is -0.491 e. The molecule has 1 fully saturated rings. The lowest BCUT2D eigenvalue weighted by Crippen LogP contribution is -2.33. The fraction of sp³-hybridized carbons (Fsp3) is 0.524. The van der Waals surface area contributed by atoms with Gasteiger partial charge in [0.25, 0.3) is 5.88 Å². The molecule has 0 N–H and O–H groups in total. The first-order valence-corrected chi connectivity index (χ1v) is 10.2. The van der Waals surface area contributed by atoms with Crippen molar-refractivity contribution in [2.45, 2.75) is 38.8 Å². The molecule has 1 amide bonds. The Hall–Kier alpha value is -3.10. The van der Waals surface area contributed by atoms with Crippen molar-refractivity contribution in [2.24, 2.45) is 0 Å². The number of rotatable bonds is 6. The van der Waals surface area contributed by atoms with Crippen molar-refractivity contribution in [1.29, 1.82) is 0 Å². The van der Waals surface area contributed by atoms with Crippen molar-refractivity contribution in [3.63, 3.8) is 0 Å². The molecule has 160 valence electrons. The molecular formula is C21H27N5O4. The van der Waals surface area contributed by atoms with Crippen LogP contribution in [0, 0.1) is 0 Å². The van der Waals surface area contributed by atoms with Crippen LogP contribution in [-0.4, -0.2) is 65.7 Å². The minimum atomic E-state index is -0.0439. The van der Waals surface area contributed by atoms with E-state index in [1.54, 1.807) is 26.7 Å². The number of hydrogen-bond donors (Lipinski definition) is 0. The zero-order chi connectivity index (χ0) is 21.1. The third-order valence-electron chi connectivity index (χ3n) is 5.62. The summed E-state index contributed by atoms with van der Waals surface area (Å²) in [7, 11) is 3.17. The summed E-state index contributed by atoms with van der Waals surface area (Å²) >= 11 is 0. The number of carbonyl (C=O) groups is 1. The van der Waals surface area contributed by atoms with Gasteiger partial charge in [-0.15, -0.1) is 0 Å². The topological polar surface area (TPSA) is 89.9 Å². The van der Waals surface area contributed by atoms with Gasteiger partial charge in [-0.2, -0.15) is 0 Å². The summed E-state index contributed by atoms with van der Waals surface area (Å²) in [5.41, 5.74) is 2.93. The Morgan fingerprint density at radius 2 is 2.03 bits per heavy atom. The molecular weight excluding hydrogens is 386 g/mol. The van der Waals surface area contributed by atoms with Crippen LogP contribution in [0.2, 0.25) is 0 Å². The molecule has 9 nitrogen and oxygen atoms in total. The van der Waals surface area contributed by atoms with E-state index in [1.165, 1.54) is 0 Å². The number of fused-ring (bicyclic) bond motifs is 1. The van der Waals surface area contributed by atoms with Crippen molar-refractivity contribution in [3.8, 4) is 17.5 Å². The number of ether oxygens (including phenoxy) is 3. The van der Waals surface area contributed by atoms with E-state index in [0.717, 1.165) is 42.9 Å². The van der Waals surface area contributed by atoms with Gasteiger partial charge >= 0.3 is 0 Å². The number of aromatic nitrogens is 3. The molecule has 0 spiro atoms. The summed E-state index contributed by atoms with van der Waals surface area (Å²) in [6, 6.07) is 1.92. The lowest BCUT2D eigenvalue weighted by atomic mass is 10.1. The first-order valence-electron chi connectivity index (χ1n) is 10.2. The van der Waals surface area contributed by atoms with E-state index < -0.39 is 0 Å². The summed E-state index contributed by atoms with van der Waals surface area (Å²) in [5.74, 6) is 1.82. The fourth-order valence-corrected chi connectivity index (χ4v) is 3.96. The van der Waals surface area contributed by atoms with Crippen LogP contribution in [0.15, 0.2) is 18.6 Å². The highest BCUT2D eigenvalue weighted by atomic mass is 16.5. The van der Waals surface area contributed by atoms with E-state index in [4.69, 9.17) is 14.2 Å². The molecule has 1 atom stereocenters. The maximum atomic E-state index is 12.0. The smallest absolute Gasteiger partial charge is 0.256 e. The van der Waals surface area contributed by atoms with Gasteiger partial charge in [-0.05, 0) is 0 Å². The summed E-state index contributed by atoms with van der Waals surface area (Å²) in [5, 5.41) is 0. The highest BCUT2D eigenvalue weighted by Gasteiger charge is 2.29. The molecule has 30 heavy (non-hydrogen) atoms. The monoisotopic (exact) mass is 413 g/mol. The molecule has 1 unspecified atom stereocenters. The van der Waals surface area contributed by atoms with E-state index >= 15 is 0 Å². The van der Waals surface area contributed by atoms with Crippen LogP contribution in [0.1, 0.15) is 31.0 Å². The van der Waals surface area contributed by atoms with Crippen LogP contribution in [0.4, 0.5) is 5.69 Å². The van der Waals surface area contributed by atoms with Gasteiger partial charge in [-0.3, -0.25) is 4.79 Å². The molecule has 4 heterocycles. The Morgan fingerprint density at radius 3 is 2.80 bits per heavy atom. The van der Waals surface area contributed by atoms with Gasteiger partial charge in [0, 0.05) is 38.4 Å². The highest BCUT2D eigenvalue weighted by Crippen LogP contribution is 2.33. The third kappa shape index (κ3) is 3.96. The zero-order valence-electron chi connectivity index (χ0n) is 17.6. The SMILES string of the molecule is CCC(=O)N1CCC(Oc2ncnc3c2CN(c2cnc(OC)c(OC)c2)CC3)C1. The Balaban J connectivity index is 1.52. The summed E-state index contributed by atoms with van der Waals surface area (Å²) in [4.78, 5) is 29.2.